The predicted octanol–water partition coefficient (Wildman–Crippen LogP) is 3.83. The number of anilines is 1. The van der Waals surface area contributed by atoms with Gasteiger partial charge in [0.15, 0.2) is 5.82 Å². The predicted molar refractivity (Wildman–Crippen MR) is 95.8 cm³/mol. The first-order chi connectivity index (χ1) is 11.9. The maximum absolute atomic E-state index is 12.4. The van der Waals surface area contributed by atoms with Crippen molar-refractivity contribution in [1.82, 2.24) is 15.0 Å². The first-order valence-electron chi connectivity index (χ1n) is 8.31. The summed E-state index contributed by atoms with van der Waals surface area (Å²) < 4.78 is 0. The minimum absolute atomic E-state index is 0.113. The molecule has 25 heavy (non-hydrogen) atoms. The lowest BCUT2D eigenvalue weighted by Gasteiger charge is -2.29. The monoisotopic (exact) mass is 335 g/mol. The van der Waals surface area contributed by atoms with Crippen LogP contribution in [-0.4, -0.2) is 20.9 Å². The van der Waals surface area contributed by atoms with Crippen LogP contribution in [0, 0.1) is 23.7 Å². The van der Waals surface area contributed by atoms with E-state index in [1.165, 1.54) is 6.20 Å². The number of imidazole rings is 1. The van der Waals surface area contributed by atoms with Crippen LogP contribution in [0.25, 0.3) is 5.57 Å². The molecule has 2 heterocycles. The molecular formula is C19H21N5O. The number of aromatic amines is 1. The van der Waals surface area contributed by atoms with Crippen molar-refractivity contribution >= 4 is 17.2 Å². The smallest absolute Gasteiger partial charge is 0.291 e. The molecule has 0 aromatic carbocycles. The van der Waals surface area contributed by atoms with E-state index in [-0.39, 0.29) is 17.4 Å². The van der Waals surface area contributed by atoms with Crippen LogP contribution in [0.4, 0.5) is 5.69 Å². The summed E-state index contributed by atoms with van der Waals surface area (Å²) in [6.07, 6.45) is 6.59. The Hall–Kier alpha value is -2.94. The molecule has 128 valence electrons. The van der Waals surface area contributed by atoms with Crippen molar-refractivity contribution in [3.8, 4) is 6.07 Å². The summed E-state index contributed by atoms with van der Waals surface area (Å²) in [4.78, 5) is 23.7. The van der Waals surface area contributed by atoms with E-state index in [9.17, 15) is 4.79 Å². The molecule has 0 fully saturated rings. The van der Waals surface area contributed by atoms with E-state index < -0.39 is 0 Å². The molecule has 0 atom stereocenters. The standard InChI is InChI=1S/C19H21N5O/c1-12-4-5-15(24-18(25)17-21-11-14(10-20)23-17)16(22-12)13-6-8-19(2,3)9-7-13/h4-6,11H,7-9H2,1-3H3,(H,21,23)(H,24,25). The van der Waals surface area contributed by atoms with Gasteiger partial charge in [0.2, 0.25) is 0 Å². The molecule has 3 rings (SSSR count). The lowest BCUT2D eigenvalue weighted by Crippen LogP contribution is -2.18. The van der Waals surface area contributed by atoms with Crippen molar-refractivity contribution in [2.75, 3.05) is 5.32 Å². The molecule has 0 spiro atoms. The number of hydrogen-bond acceptors (Lipinski definition) is 4. The Labute approximate surface area is 147 Å². The fraction of sp³-hybridized carbons (Fsp3) is 0.368. The minimum Gasteiger partial charge on any atom is -0.326 e. The first-order valence-corrected chi connectivity index (χ1v) is 8.31. The molecule has 6 heteroatoms. The summed E-state index contributed by atoms with van der Waals surface area (Å²) >= 11 is 0. The molecule has 0 saturated carbocycles. The van der Waals surface area contributed by atoms with Crippen LogP contribution in [0.5, 0.6) is 0 Å². The zero-order chi connectivity index (χ0) is 18.0. The molecule has 1 amide bonds. The summed E-state index contributed by atoms with van der Waals surface area (Å²) in [7, 11) is 0. The second kappa shape index (κ2) is 6.52. The van der Waals surface area contributed by atoms with Crippen molar-refractivity contribution in [3.05, 3.63) is 47.3 Å². The van der Waals surface area contributed by atoms with E-state index >= 15 is 0 Å². The van der Waals surface area contributed by atoms with Gasteiger partial charge in [-0.25, -0.2) is 4.98 Å². The maximum Gasteiger partial charge on any atom is 0.291 e. The van der Waals surface area contributed by atoms with Crippen molar-refractivity contribution in [2.45, 2.75) is 40.0 Å². The Morgan fingerprint density at radius 3 is 2.84 bits per heavy atom. The lowest BCUT2D eigenvalue weighted by atomic mass is 9.77. The molecule has 1 aliphatic carbocycles. The molecule has 0 unspecified atom stereocenters. The number of allylic oxidation sites excluding steroid dienone is 2. The van der Waals surface area contributed by atoms with E-state index in [1.807, 2.05) is 25.1 Å². The molecule has 1 aliphatic rings. The highest BCUT2D eigenvalue weighted by atomic mass is 16.2. The zero-order valence-corrected chi connectivity index (χ0v) is 14.7. The number of hydrogen-bond donors (Lipinski definition) is 2. The van der Waals surface area contributed by atoms with Crippen molar-refractivity contribution < 1.29 is 4.79 Å². The molecular weight excluding hydrogens is 314 g/mol. The van der Waals surface area contributed by atoms with Crippen LogP contribution in [0.1, 0.15) is 60.8 Å². The third-order valence-electron chi connectivity index (χ3n) is 4.47. The summed E-state index contributed by atoms with van der Waals surface area (Å²) in [5.41, 5.74) is 4.11. The number of nitrogens with zero attached hydrogens (tertiary/aromatic N) is 3. The molecule has 0 saturated heterocycles. The molecule has 6 nitrogen and oxygen atoms in total. The van der Waals surface area contributed by atoms with Gasteiger partial charge in [-0.05, 0) is 49.3 Å². The third kappa shape index (κ3) is 3.77. The van der Waals surface area contributed by atoms with Gasteiger partial charge in [0.25, 0.3) is 5.91 Å². The van der Waals surface area contributed by atoms with Crippen LogP contribution >= 0.6 is 0 Å². The van der Waals surface area contributed by atoms with Crippen LogP contribution in [0.15, 0.2) is 24.4 Å². The number of nitriles is 1. The van der Waals surface area contributed by atoms with Gasteiger partial charge in [-0.2, -0.15) is 5.26 Å². The van der Waals surface area contributed by atoms with Gasteiger partial charge in [-0.1, -0.05) is 19.9 Å². The van der Waals surface area contributed by atoms with Gasteiger partial charge in [-0.3, -0.25) is 9.78 Å². The minimum atomic E-state index is -0.384. The van der Waals surface area contributed by atoms with Crippen LogP contribution < -0.4 is 5.32 Å². The van der Waals surface area contributed by atoms with Crippen LogP contribution in [-0.2, 0) is 0 Å². The van der Waals surface area contributed by atoms with Gasteiger partial charge in [0.1, 0.15) is 11.8 Å². The molecule has 2 N–H and O–H groups in total. The number of aromatic nitrogens is 3. The number of rotatable bonds is 3. The summed E-state index contributed by atoms with van der Waals surface area (Å²) in [5, 5.41) is 11.7. The topological polar surface area (TPSA) is 94.5 Å². The molecule has 0 aliphatic heterocycles. The summed E-state index contributed by atoms with van der Waals surface area (Å²) in [6, 6.07) is 5.66. The number of H-pyrrole nitrogens is 1. The number of nitrogens with one attached hydrogen (secondary N) is 2. The lowest BCUT2D eigenvalue weighted by molar-refractivity contribution is 0.101. The molecule has 0 bridgehead atoms. The van der Waals surface area contributed by atoms with E-state index in [4.69, 9.17) is 5.26 Å². The van der Waals surface area contributed by atoms with Crippen LogP contribution in [0.2, 0.25) is 0 Å². The third-order valence-corrected chi connectivity index (χ3v) is 4.47. The van der Waals surface area contributed by atoms with Gasteiger partial charge in [-0.15, -0.1) is 0 Å². The summed E-state index contributed by atoms with van der Waals surface area (Å²) in [6.45, 7) is 6.46. The van der Waals surface area contributed by atoms with E-state index in [1.54, 1.807) is 0 Å². The second-order valence-corrected chi connectivity index (χ2v) is 7.16. The number of amides is 1. The second-order valence-electron chi connectivity index (χ2n) is 7.16. The van der Waals surface area contributed by atoms with Gasteiger partial charge in [0.05, 0.1) is 17.6 Å². The summed E-state index contributed by atoms with van der Waals surface area (Å²) in [5.74, 6) is -0.271. The van der Waals surface area contributed by atoms with Gasteiger partial charge < -0.3 is 10.3 Å². The molecule has 2 aromatic heterocycles. The highest BCUT2D eigenvalue weighted by molar-refractivity contribution is 6.03. The van der Waals surface area contributed by atoms with Gasteiger partial charge in [0, 0.05) is 5.69 Å². The Balaban J connectivity index is 1.88. The highest BCUT2D eigenvalue weighted by Crippen LogP contribution is 2.39. The number of aryl methyl sites for hydroxylation is 1. The number of carbonyl (C=O) groups is 1. The van der Waals surface area contributed by atoms with E-state index in [0.29, 0.717) is 11.1 Å². The Kier molecular flexibility index (Phi) is 4.41. The Bertz CT molecular complexity index is 885. The quantitative estimate of drug-likeness (QED) is 0.891. The van der Waals surface area contributed by atoms with Crippen molar-refractivity contribution in [1.29, 1.82) is 5.26 Å². The molecule has 0 radical (unpaired) electrons. The van der Waals surface area contributed by atoms with Gasteiger partial charge >= 0.3 is 0 Å². The average Bonchev–Trinajstić information content (AvgIpc) is 3.06. The first kappa shape index (κ1) is 16.9. The highest BCUT2D eigenvalue weighted by Gasteiger charge is 2.24. The van der Waals surface area contributed by atoms with E-state index in [0.717, 1.165) is 36.2 Å². The van der Waals surface area contributed by atoms with Crippen molar-refractivity contribution in [3.63, 3.8) is 0 Å². The fourth-order valence-corrected chi connectivity index (χ4v) is 2.87. The molecule has 2 aromatic rings. The zero-order valence-electron chi connectivity index (χ0n) is 14.7. The average molecular weight is 335 g/mol. The number of pyridine rings is 1. The largest absolute Gasteiger partial charge is 0.326 e. The fourth-order valence-electron chi connectivity index (χ4n) is 2.87. The Morgan fingerprint density at radius 2 is 2.20 bits per heavy atom. The van der Waals surface area contributed by atoms with Crippen molar-refractivity contribution in [2.24, 2.45) is 5.41 Å². The van der Waals surface area contributed by atoms with E-state index in [2.05, 4.69) is 40.2 Å². The maximum atomic E-state index is 12.4. The normalized spacial score (nSPS) is 16.0. The number of carbonyl (C=O) groups excluding carboxylic acids is 1. The Morgan fingerprint density at radius 1 is 1.40 bits per heavy atom. The van der Waals surface area contributed by atoms with Crippen LogP contribution in [0.3, 0.4) is 0 Å². The SMILES string of the molecule is Cc1ccc(NC(=O)c2ncc(C#N)[nH]2)c(C2=CCC(C)(C)CC2)n1.